The maximum absolute atomic E-state index is 5.66. The summed E-state index contributed by atoms with van der Waals surface area (Å²) in [6.45, 7) is 2.71. The van der Waals surface area contributed by atoms with Gasteiger partial charge in [-0.15, -0.1) is 0 Å². The molecule has 1 saturated heterocycles. The van der Waals surface area contributed by atoms with Crippen LogP contribution < -0.4 is 20.1 Å². The molecule has 0 spiro atoms. The SMILES string of the molecule is CN=C(NCC1(c2ccc3c(c2)OCO3)CCOCC1)NC1CCCCC1. The number of rotatable bonds is 4. The fourth-order valence-electron chi connectivity index (χ4n) is 4.44. The molecule has 2 N–H and O–H groups in total. The number of guanidine groups is 1. The summed E-state index contributed by atoms with van der Waals surface area (Å²) in [6, 6.07) is 6.90. The van der Waals surface area contributed by atoms with Crippen LogP contribution in [0, 0.1) is 0 Å². The summed E-state index contributed by atoms with van der Waals surface area (Å²) in [4.78, 5) is 4.47. The molecule has 1 aliphatic carbocycles. The molecule has 1 aromatic carbocycles. The lowest BCUT2D eigenvalue weighted by atomic mass is 9.74. The maximum Gasteiger partial charge on any atom is 0.231 e. The topological polar surface area (TPSA) is 64.1 Å². The molecule has 2 fully saturated rings. The van der Waals surface area contributed by atoms with Gasteiger partial charge in [-0.1, -0.05) is 25.3 Å². The zero-order chi connectivity index (χ0) is 18.5. The van der Waals surface area contributed by atoms with Crippen molar-refractivity contribution in [3.8, 4) is 11.5 Å². The molecule has 1 aromatic rings. The number of ether oxygens (including phenoxy) is 3. The van der Waals surface area contributed by atoms with Crippen LogP contribution >= 0.6 is 0 Å². The fourth-order valence-corrected chi connectivity index (χ4v) is 4.44. The van der Waals surface area contributed by atoms with E-state index in [9.17, 15) is 0 Å². The summed E-state index contributed by atoms with van der Waals surface area (Å²) in [6.07, 6.45) is 8.43. The van der Waals surface area contributed by atoms with Gasteiger partial charge in [-0.2, -0.15) is 0 Å². The lowest BCUT2D eigenvalue weighted by Crippen LogP contribution is -2.50. The Labute approximate surface area is 161 Å². The number of hydrogen-bond donors (Lipinski definition) is 2. The number of benzene rings is 1. The Kier molecular flexibility index (Phi) is 5.72. The summed E-state index contributed by atoms with van der Waals surface area (Å²) in [5.74, 6) is 2.60. The van der Waals surface area contributed by atoms with Gasteiger partial charge in [-0.25, -0.2) is 0 Å². The average molecular weight is 373 g/mol. The van der Waals surface area contributed by atoms with E-state index in [1.165, 1.54) is 37.7 Å². The van der Waals surface area contributed by atoms with Gasteiger partial charge in [0.1, 0.15) is 0 Å². The van der Waals surface area contributed by atoms with E-state index in [0.717, 1.165) is 50.1 Å². The summed E-state index contributed by atoms with van der Waals surface area (Å²) >= 11 is 0. The van der Waals surface area contributed by atoms with Crippen molar-refractivity contribution in [1.29, 1.82) is 0 Å². The van der Waals surface area contributed by atoms with E-state index in [2.05, 4.69) is 27.8 Å². The van der Waals surface area contributed by atoms with Gasteiger partial charge >= 0.3 is 0 Å². The quantitative estimate of drug-likeness (QED) is 0.628. The first kappa shape index (κ1) is 18.4. The van der Waals surface area contributed by atoms with Crippen molar-refractivity contribution in [2.45, 2.75) is 56.4 Å². The summed E-state index contributed by atoms with van der Waals surface area (Å²) in [7, 11) is 1.86. The highest BCUT2D eigenvalue weighted by molar-refractivity contribution is 5.80. The second-order valence-corrected chi connectivity index (χ2v) is 7.87. The highest BCUT2D eigenvalue weighted by Gasteiger charge is 2.36. The predicted molar refractivity (Wildman–Crippen MR) is 106 cm³/mol. The van der Waals surface area contributed by atoms with E-state index in [0.29, 0.717) is 12.8 Å². The number of nitrogens with zero attached hydrogens (tertiary/aromatic N) is 1. The molecular formula is C21H31N3O3. The van der Waals surface area contributed by atoms with E-state index in [-0.39, 0.29) is 5.41 Å². The summed E-state index contributed by atoms with van der Waals surface area (Å²) in [5.41, 5.74) is 1.30. The average Bonchev–Trinajstić information content (AvgIpc) is 3.20. The molecule has 0 amide bonds. The Hall–Kier alpha value is -1.95. The van der Waals surface area contributed by atoms with Gasteiger partial charge in [-0.3, -0.25) is 4.99 Å². The minimum absolute atomic E-state index is 0.0173. The summed E-state index contributed by atoms with van der Waals surface area (Å²) in [5, 5.41) is 7.22. The smallest absolute Gasteiger partial charge is 0.231 e. The van der Waals surface area contributed by atoms with Crippen LogP contribution in [-0.2, 0) is 10.2 Å². The van der Waals surface area contributed by atoms with Crippen molar-refractivity contribution in [2.24, 2.45) is 4.99 Å². The van der Waals surface area contributed by atoms with E-state index < -0.39 is 0 Å². The lowest BCUT2D eigenvalue weighted by molar-refractivity contribution is 0.0513. The minimum Gasteiger partial charge on any atom is -0.454 e. The Morgan fingerprint density at radius 1 is 1.11 bits per heavy atom. The molecule has 3 aliphatic rings. The van der Waals surface area contributed by atoms with Crippen molar-refractivity contribution >= 4 is 5.96 Å². The molecule has 6 heteroatoms. The molecule has 0 unspecified atom stereocenters. The van der Waals surface area contributed by atoms with Gasteiger partial charge < -0.3 is 24.8 Å². The molecule has 0 bridgehead atoms. The van der Waals surface area contributed by atoms with Crippen molar-refractivity contribution in [1.82, 2.24) is 10.6 Å². The molecule has 6 nitrogen and oxygen atoms in total. The molecule has 0 radical (unpaired) electrons. The normalized spacial score (nSPS) is 22.5. The Bertz CT molecular complexity index is 665. The highest BCUT2D eigenvalue weighted by atomic mass is 16.7. The van der Waals surface area contributed by atoms with Crippen LogP contribution in [0.2, 0.25) is 0 Å². The van der Waals surface area contributed by atoms with Gasteiger partial charge in [0.15, 0.2) is 17.5 Å². The summed E-state index contributed by atoms with van der Waals surface area (Å²) < 4.78 is 16.8. The van der Waals surface area contributed by atoms with Gasteiger partial charge in [0.2, 0.25) is 6.79 Å². The first-order valence-corrected chi connectivity index (χ1v) is 10.2. The number of hydrogen-bond acceptors (Lipinski definition) is 4. The van der Waals surface area contributed by atoms with Gasteiger partial charge in [0.05, 0.1) is 0 Å². The largest absolute Gasteiger partial charge is 0.454 e. The van der Waals surface area contributed by atoms with E-state index in [1.807, 2.05) is 13.1 Å². The van der Waals surface area contributed by atoms with Crippen LogP contribution in [0.4, 0.5) is 0 Å². The Morgan fingerprint density at radius 3 is 2.67 bits per heavy atom. The van der Waals surface area contributed by atoms with Crippen LogP contribution in [0.15, 0.2) is 23.2 Å². The number of nitrogens with one attached hydrogen (secondary N) is 2. The van der Waals surface area contributed by atoms with Crippen LogP contribution in [0.5, 0.6) is 11.5 Å². The van der Waals surface area contributed by atoms with Crippen LogP contribution in [0.3, 0.4) is 0 Å². The second kappa shape index (κ2) is 8.38. The molecular weight excluding hydrogens is 342 g/mol. The fraction of sp³-hybridized carbons (Fsp3) is 0.667. The maximum atomic E-state index is 5.66. The molecule has 2 heterocycles. The molecule has 0 aromatic heterocycles. The van der Waals surface area contributed by atoms with Gasteiger partial charge in [0.25, 0.3) is 0 Å². The molecule has 148 valence electrons. The number of aliphatic imine (C=N–C) groups is 1. The number of fused-ring (bicyclic) bond motifs is 1. The van der Waals surface area contributed by atoms with Gasteiger partial charge in [0, 0.05) is 38.3 Å². The molecule has 1 saturated carbocycles. The standard InChI is InChI=1S/C21H31N3O3/c1-22-20(24-17-5-3-2-4-6-17)23-14-21(9-11-25-12-10-21)16-7-8-18-19(13-16)27-15-26-18/h7-8,13,17H,2-6,9-12,14-15H2,1H3,(H2,22,23,24). The molecule has 2 aliphatic heterocycles. The van der Waals surface area contributed by atoms with Crippen molar-refractivity contribution in [3.05, 3.63) is 23.8 Å². The Balaban J connectivity index is 1.46. The van der Waals surface area contributed by atoms with Crippen LogP contribution in [0.25, 0.3) is 0 Å². The monoisotopic (exact) mass is 373 g/mol. The first-order chi connectivity index (χ1) is 13.3. The zero-order valence-electron chi connectivity index (χ0n) is 16.3. The van der Waals surface area contributed by atoms with Crippen LogP contribution in [-0.4, -0.2) is 45.6 Å². The van der Waals surface area contributed by atoms with E-state index in [1.54, 1.807) is 0 Å². The predicted octanol–water partition coefficient (Wildman–Crippen LogP) is 2.96. The Morgan fingerprint density at radius 2 is 1.89 bits per heavy atom. The molecule has 27 heavy (non-hydrogen) atoms. The van der Waals surface area contributed by atoms with Crippen molar-refractivity contribution < 1.29 is 14.2 Å². The minimum atomic E-state index is 0.0173. The second-order valence-electron chi connectivity index (χ2n) is 7.87. The zero-order valence-corrected chi connectivity index (χ0v) is 16.3. The van der Waals surface area contributed by atoms with E-state index in [4.69, 9.17) is 14.2 Å². The van der Waals surface area contributed by atoms with Crippen molar-refractivity contribution in [3.63, 3.8) is 0 Å². The third-order valence-electron chi connectivity index (χ3n) is 6.20. The first-order valence-electron chi connectivity index (χ1n) is 10.2. The highest BCUT2D eigenvalue weighted by Crippen LogP contribution is 2.40. The third kappa shape index (κ3) is 4.15. The van der Waals surface area contributed by atoms with Crippen molar-refractivity contribution in [2.75, 3.05) is 33.6 Å². The van der Waals surface area contributed by atoms with E-state index >= 15 is 0 Å². The lowest BCUT2D eigenvalue weighted by Gasteiger charge is -2.38. The molecule has 0 atom stereocenters. The molecule has 4 rings (SSSR count). The van der Waals surface area contributed by atoms with Gasteiger partial charge in [-0.05, 0) is 43.4 Å². The third-order valence-corrected chi connectivity index (χ3v) is 6.20. The van der Waals surface area contributed by atoms with Crippen LogP contribution in [0.1, 0.15) is 50.5 Å².